The average molecular weight is 331 g/mol. The number of hydrogen-bond donors (Lipinski definition) is 1. The van der Waals surface area contributed by atoms with Gasteiger partial charge in [0, 0.05) is 12.2 Å². The first-order chi connectivity index (χ1) is 12.3. The minimum absolute atomic E-state index is 0.0452. The lowest BCUT2D eigenvalue weighted by Gasteiger charge is -2.22. The number of nitrogens with zero attached hydrogens (tertiary/aromatic N) is 2. The number of carbonyl (C=O) groups excluding carboxylic acids is 1. The standard InChI is InChI=1S/C21H21N3O/c1-2-24(19-11-7-4-8-12-19)20-14-13-18(16-22-20)23-21(25)15-17-9-5-3-6-10-17/h3-14,16H,2,15H2,1H3,(H,23,25). The highest BCUT2D eigenvalue weighted by atomic mass is 16.1. The maximum atomic E-state index is 12.1. The van der Waals surface area contributed by atoms with Crippen LogP contribution in [-0.4, -0.2) is 17.4 Å². The Morgan fingerprint density at radius 3 is 2.24 bits per heavy atom. The van der Waals surface area contributed by atoms with Gasteiger partial charge in [0.05, 0.1) is 18.3 Å². The minimum atomic E-state index is -0.0452. The molecule has 0 spiro atoms. The van der Waals surface area contributed by atoms with Gasteiger partial charge in [0.2, 0.25) is 5.91 Å². The summed E-state index contributed by atoms with van der Waals surface area (Å²) in [5.74, 6) is 0.811. The van der Waals surface area contributed by atoms with Crippen LogP contribution in [0.3, 0.4) is 0 Å². The van der Waals surface area contributed by atoms with Crippen LogP contribution < -0.4 is 10.2 Å². The molecule has 1 amide bonds. The summed E-state index contributed by atoms with van der Waals surface area (Å²) in [7, 11) is 0. The Hall–Kier alpha value is -3.14. The van der Waals surface area contributed by atoms with Crippen molar-refractivity contribution in [1.29, 1.82) is 0 Å². The molecule has 4 heteroatoms. The van der Waals surface area contributed by atoms with E-state index in [1.165, 1.54) is 0 Å². The number of rotatable bonds is 6. The highest BCUT2D eigenvalue weighted by Crippen LogP contribution is 2.23. The lowest BCUT2D eigenvalue weighted by Crippen LogP contribution is -2.18. The van der Waals surface area contributed by atoms with Crippen LogP contribution in [0.15, 0.2) is 79.0 Å². The van der Waals surface area contributed by atoms with Crippen LogP contribution in [0.2, 0.25) is 0 Å². The molecule has 3 aromatic rings. The minimum Gasteiger partial charge on any atom is -0.327 e. The lowest BCUT2D eigenvalue weighted by molar-refractivity contribution is -0.115. The Kier molecular flexibility index (Phi) is 5.42. The van der Waals surface area contributed by atoms with Gasteiger partial charge < -0.3 is 10.2 Å². The van der Waals surface area contributed by atoms with Crippen LogP contribution in [0.5, 0.6) is 0 Å². The van der Waals surface area contributed by atoms with E-state index in [4.69, 9.17) is 0 Å². The number of para-hydroxylation sites is 1. The Balaban J connectivity index is 1.66. The number of pyridine rings is 1. The van der Waals surface area contributed by atoms with Crippen LogP contribution in [0, 0.1) is 0 Å². The number of amides is 1. The van der Waals surface area contributed by atoms with Gasteiger partial charge in [-0.05, 0) is 36.8 Å². The molecule has 0 radical (unpaired) electrons. The zero-order valence-electron chi connectivity index (χ0n) is 14.2. The van der Waals surface area contributed by atoms with Crippen molar-refractivity contribution in [2.24, 2.45) is 0 Å². The second-order valence-electron chi connectivity index (χ2n) is 5.70. The van der Waals surface area contributed by atoms with Crippen molar-refractivity contribution >= 4 is 23.1 Å². The van der Waals surface area contributed by atoms with Gasteiger partial charge in [-0.1, -0.05) is 48.5 Å². The second kappa shape index (κ2) is 8.11. The fourth-order valence-corrected chi connectivity index (χ4v) is 2.69. The lowest BCUT2D eigenvalue weighted by atomic mass is 10.1. The second-order valence-corrected chi connectivity index (χ2v) is 5.70. The van der Waals surface area contributed by atoms with Gasteiger partial charge in [-0.2, -0.15) is 0 Å². The number of carbonyl (C=O) groups is 1. The van der Waals surface area contributed by atoms with Crippen LogP contribution in [0.1, 0.15) is 12.5 Å². The summed E-state index contributed by atoms with van der Waals surface area (Å²) in [5.41, 5.74) is 2.79. The number of anilines is 3. The highest BCUT2D eigenvalue weighted by Gasteiger charge is 2.09. The molecular weight excluding hydrogens is 310 g/mol. The Bertz CT molecular complexity index is 802. The fourth-order valence-electron chi connectivity index (χ4n) is 2.69. The smallest absolute Gasteiger partial charge is 0.228 e. The van der Waals surface area contributed by atoms with E-state index >= 15 is 0 Å². The van der Waals surface area contributed by atoms with Crippen molar-refractivity contribution < 1.29 is 4.79 Å². The van der Waals surface area contributed by atoms with E-state index in [2.05, 4.69) is 34.3 Å². The van der Waals surface area contributed by atoms with Gasteiger partial charge in [0.25, 0.3) is 0 Å². The van der Waals surface area contributed by atoms with Gasteiger partial charge in [0.15, 0.2) is 0 Å². The summed E-state index contributed by atoms with van der Waals surface area (Å²) in [4.78, 5) is 18.7. The quantitative estimate of drug-likeness (QED) is 0.727. The molecule has 0 bridgehead atoms. The monoisotopic (exact) mass is 331 g/mol. The number of hydrogen-bond acceptors (Lipinski definition) is 3. The maximum Gasteiger partial charge on any atom is 0.228 e. The molecule has 0 unspecified atom stereocenters. The van der Waals surface area contributed by atoms with Crippen molar-refractivity contribution in [3.63, 3.8) is 0 Å². The van der Waals surface area contributed by atoms with Crippen molar-refractivity contribution in [3.8, 4) is 0 Å². The van der Waals surface area contributed by atoms with Gasteiger partial charge in [-0.3, -0.25) is 4.79 Å². The summed E-state index contributed by atoms with van der Waals surface area (Å²) in [6, 6.07) is 23.6. The Morgan fingerprint density at radius 2 is 1.64 bits per heavy atom. The van der Waals surface area contributed by atoms with E-state index in [0.29, 0.717) is 12.1 Å². The molecular formula is C21H21N3O. The molecule has 0 aliphatic carbocycles. The summed E-state index contributed by atoms with van der Waals surface area (Å²) in [6.07, 6.45) is 2.05. The van der Waals surface area contributed by atoms with Crippen LogP contribution in [0.4, 0.5) is 17.2 Å². The number of nitrogens with one attached hydrogen (secondary N) is 1. The number of benzene rings is 2. The summed E-state index contributed by atoms with van der Waals surface area (Å²) >= 11 is 0. The average Bonchev–Trinajstić information content (AvgIpc) is 2.65. The van der Waals surface area contributed by atoms with E-state index in [1.54, 1.807) is 6.20 Å². The van der Waals surface area contributed by atoms with Gasteiger partial charge in [0.1, 0.15) is 5.82 Å². The molecule has 25 heavy (non-hydrogen) atoms. The molecule has 1 aromatic heterocycles. The molecule has 4 nitrogen and oxygen atoms in total. The normalized spacial score (nSPS) is 10.3. The van der Waals surface area contributed by atoms with E-state index < -0.39 is 0 Å². The molecule has 1 heterocycles. The zero-order chi connectivity index (χ0) is 17.5. The molecule has 2 aromatic carbocycles. The van der Waals surface area contributed by atoms with Gasteiger partial charge in [-0.15, -0.1) is 0 Å². The molecule has 1 N–H and O–H groups in total. The molecule has 0 atom stereocenters. The molecule has 0 aliphatic heterocycles. The van der Waals surface area contributed by atoms with E-state index in [9.17, 15) is 4.79 Å². The maximum absolute atomic E-state index is 12.1. The molecule has 0 saturated carbocycles. The molecule has 0 aliphatic rings. The predicted octanol–water partition coefficient (Wildman–Crippen LogP) is 4.42. The molecule has 0 saturated heterocycles. The first kappa shape index (κ1) is 16.7. The van der Waals surface area contributed by atoms with Crippen molar-refractivity contribution in [1.82, 2.24) is 4.98 Å². The third kappa shape index (κ3) is 4.44. The van der Waals surface area contributed by atoms with Crippen molar-refractivity contribution in [2.45, 2.75) is 13.3 Å². The molecule has 0 fully saturated rings. The summed E-state index contributed by atoms with van der Waals surface area (Å²) in [5, 5.41) is 2.89. The summed E-state index contributed by atoms with van der Waals surface area (Å²) < 4.78 is 0. The third-order valence-electron chi connectivity index (χ3n) is 3.90. The Labute approximate surface area is 148 Å². The van der Waals surface area contributed by atoms with Crippen molar-refractivity contribution in [3.05, 3.63) is 84.6 Å². The number of aromatic nitrogens is 1. The van der Waals surface area contributed by atoms with Crippen LogP contribution in [-0.2, 0) is 11.2 Å². The first-order valence-corrected chi connectivity index (χ1v) is 8.38. The van der Waals surface area contributed by atoms with Crippen molar-refractivity contribution in [2.75, 3.05) is 16.8 Å². The van der Waals surface area contributed by atoms with Gasteiger partial charge >= 0.3 is 0 Å². The fraction of sp³-hybridized carbons (Fsp3) is 0.143. The van der Waals surface area contributed by atoms with E-state index in [-0.39, 0.29) is 5.91 Å². The van der Waals surface area contributed by atoms with Gasteiger partial charge in [-0.25, -0.2) is 4.98 Å². The van der Waals surface area contributed by atoms with E-state index in [1.807, 2.05) is 60.7 Å². The highest BCUT2D eigenvalue weighted by molar-refractivity contribution is 5.92. The van der Waals surface area contributed by atoms with Crippen LogP contribution in [0.25, 0.3) is 0 Å². The zero-order valence-corrected chi connectivity index (χ0v) is 14.2. The topological polar surface area (TPSA) is 45.2 Å². The van der Waals surface area contributed by atoms with E-state index in [0.717, 1.165) is 23.6 Å². The SMILES string of the molecule is CCN(c1ccccc1)c1ccc(NC(=O)Cc2ccccc2)cn1. The largest absolute Gasteiger partial charge is 0.327 e. The third-order valence-corrected chi connectivity index (χ3v) is 3.90. The molecule has 126 valence electrons. The summed E-state index contributed by atoms with van der Waals surface area (Å²) in [6.45, 7) is 2.90. The molecule has 3 rings (SSSR count). The predicted molar refractivity (Wildman–Crippen MR) is 102 cm³/mol. The first-order valence-electron chi connectivity index (χ1n) is 8.38. The van der Waals surface area contributed by atoms with Crippen LogP contribution >= 0.6 is 0 Å². The Morgan fingerprint density at radius 1 is 0.960 bits per heavy atom.